The van der Waals surface area contributed by atoms with Crippen LogP contribution in [0, 0.1) is 11.3 Å². The molecule has 0 aliphatic carbocycles. The Labute approximate surface area is 79.0 Å². The van der Waals surface area contributed by atoms with Gasteiger partial charge in [0.1, 0.15) is 0 Å². The lowest BCUT2D eigenvalue weighted by atomic mass is 9.90. The second-order valence-electron chi connectivity index (χ2n) is 3.46. The van der Waals surface area contributed by atoms with Crippen LogP contribution in [-0.4, -0.2) is 0 Å². The van der Waals surface area contributed by atoms with Crippen LogP contribution in [-0.2, 0) is 5.54 Å². The van der Waals surface area contributed by atoms with Crippen LogP contribution in [0.25, 0.3) is 0 Å². The van der Waals surface area contributed by atoms with E-state index in [1.165, 1.54) is 0 Å². The van der Waals surface area contributed by atoms with Gasteiger partial charge in [0.15, 0.2) is 0 Å². The van der Waals surface area contributed by atoms with Crippen LogP contribution < -0.4 is 5.73 Å². The first-order chi connectivity index (χ1) is 6.10. The minimum atomic E-state index is -0.327. The van der Waals surface area contributed by atoms with E-state index in [1.807, 2.05) is 32.0 Å². The van der Waals surface area contributed by atoms with Crippen LogP contribution in [0.4, 0.5) is 0 Å². The smallest absolute Gasteiger partial charge is 0.0991 e. The summed E-state index contributed by atoms with van der Waals surface area (Å²) in [6.07, 6.45) is 0.863. The molecule has 1 aromatic carbocycles. The van der Waals surface area contributed by atoms with Gasteiger partial charge in [-0.2, -0.15) is 5.26 Å². The third-order valence-electron chi connectivity index (χ3n) is 2.39. The highest BCUT2D eigenvalue weighted by Crippen LogP contribution is 2.21. The second kappa shape index (κ2) is 3.59. The van der Waals surface area contributed by atoms with E-state index < -0.39 is 0 Å². The monoisotopic (exact) mass is 174 g/mol. The Morgan fingerprint density at radius 1 is 1.54 bits per heavy atom. The zero-order chi connectivity index (χ0) is 9.90. The van der Waals surface area contributed by atoms with Crippen molar-refractivity contribution in [3.8, 4) is 6.07 Å². The lowest BCUT2D eigenvalue weighted by molar-refractivity contribution is 0.476. The highest BCUT2D eigenvalue weighted by molar-refractivity contribution is 5.35. The minimum Gasteiger partial charge on any atom is -0.322 e. The van der Waals surface area contributed by atoms with Gasteiger partial charge in [0.25, 0.3) is 0 Å². The summed E-state index contributed by atoms with van der Waals surface area (Å²) >= 11 is 0. The zero-order valence-corrected chi connectivity index (χ0v) is 8.04. The summed E-state index contributed by atoms with van der Waals surface area (Å²) in [6, 6.07) is 9.58. The predicted octanol–water partition coefficient (Wildman–Crippen LogP) is 2.14. The SMILES string of the molecule is CC[C@](C)(N)c1cccc(C#N)c1. The molecule has 13 heavy (non-hydrogen) atoms. The van der Waals surface area contributed by atoms with Crippen molar-refractivity contribution in [2.45, 2.75) is 25.8 Å². The Kier molecular flexibility index (Phi) is 2.69. The Bertz CT molecular complexity index is 334. The van der Waals surface area contributed by atoms with Crippen molar-refractivity contribution in [1.82, 2.24) is 0 Å². The summed E-state index contributed by atoms with van der Waals surface area (Å²) in [5, 5.41) is 8.71. The van der Waals surface area contributed by atoms with Crippen molar-refractivity contribution < 1.29 is 0 Å². The van der Waals surface area contributed by atoms with Crippen molar-refractivity contribution in [1.29, 1.82) is 5.26 Å². The molecule has 0 bridgehead atoms. The number of nitrogens with zero attached hydrogens (tertiary/aromatic N) is 1. The van der Waals surface area contributed by atoms with E-state index in [-0.39, 0.29) is 5.54 Å². The summed E-state index contributed by atoms with van der Waals surface area (Å²) < 4.78 is 0. The van der Waals surface area contributed by atoms with Crippen LogP contribution in [0.3, 0.4) is 0 Å². The molecular weight excluding hydrogens is 160 g/mol. The predicted molar refractivity (Wildman–Crippen MR) is 53.0 cm³/mol. The number of benzene rings is 1. The lowest BCUT2D eigenvalue weighted by Gasteiger charge is -2.23. The van der Waals surface area contributed by atoms with Crippen LogP contribution >= 0.6 is 0 Å². The van der Waals surface area contributed by atoms with E-state index in [2.05, 4.69) is 6.07 Å². The zero-order valence-electron chi connectivity index (χ0n) is 8.04. The third-order valence-corrected chi connectivity index (χ3v) is 2.39. The summed E-state index contributed by atoms with van der Waals surface area (Å²) in [7, 11) is 0. The quantitative estimate of drug-likeness (QED) is 0.746. The van der Waals surface area contributed by atoms with Gasteiger partial charge in [0.2, 0.25) is 0 Å². The van der Waals surface area contributed by atoms with Gasteiger partial charge < -0.3 is 5.73 Å². The van der Waals surface area contributed by atoms with E-state index >= 15 is 0 Å². The molecule has 0 aliphatic heterocycles. The molecule has 1 rings (SSSR count). The molecule has 0 radical (unpaired) electrons. The largest absolute Gasteiger partial charge is 0.322 e. The average molecular weight is 174 g/mol. The molecule has 0 heterocycles. The van der Waals surface area contributed by atoms with Gasteiger partial charge in [-0.05, 0) is 31.0 Å². The number of nitriles is 1. The van der Waals surface area contributed by atoms with Crippen molar-refractivity contribution >= 4 is 0 Å². The first-order valence-corrected chi connectivity index (χ1v) is 4.39. The van der Waals surface area contributed by atoms with Crippen LogP contribution in [0.2, 0.25) is 0 Å². The number of hydrogen-bond acceptors (Lipinski definition) is 2. The topological polar surface area (TPSA) is 49.8 Å². The van der Waals surface area contributed by atoms with Gasteiger partial charge in [-0.3, -0.25) is 0 Å². The van der Waals surface area contributed by atoms with Gasteiger partial charge >= 0.3 is 0 Å². The molecule has 0 amide bonds. The highest BCUT2D eigenvalue weighted by atomic mass is 14.7. The van der Waals surface area contributed by atoms with E-state index in [4.69, 9.17) is 11.0 Å². The van der Waals surface area contributed by atoms with E-state index in [0.717, 1.165) is 12.0 Å². The molecule has 2 nitrogen and oxygen atoms in total. The van der Waals surface area contributed by atoms with Crippen molar-refractivity contribution in [2.75, 3.05) is 0 Å². The van der Waals surface area contributed by atoms with Gasteiger partial charge in [-0.25, -0.2) is 0 Å². The normalized spacial score (nSPS) is 14.6. The molecule has 0 aliphatic rings. The molecule has 0 spiro atoms. The average Bonchev–Trinajstić information content (AvgIpc) is 2.18. The standard InChI is InChI=1S/C11H14N2/c1-3-11(2,13)10-6-4-5-9(7-10)8-12/h4-7H,3,13H2,1-2H3/t11-/m0/s1. The molecule has 68 valence electrons. The maximum Gasteiger partial charge on any atom is 0.0991 e. The van der Waals surface area contributed by atoms with Crippen molar-refractivity contribution in [2.24, 2.45) is 5.73 Å². The summed E-state index contributed by atoms with van der Waals surface area (Å²) in [5.74, 6) is 0. The molecule has 0 fully saturated rings. The lowest BCUT2D eigenvalue weighted by Crippen LogP contribution is -2.31. The molecule has 0 unspecified atom stereocenters. The van der Waals surface area contributed by atoms with Crippen molar-refractivity contribution in [3.63, 3.8) is 0 Å². The van der Waals surface area contributed by atoms with E-state index in [9.17, 15) is 0 Å². The second-order valence-corrected chi connectivity index (χ2v) is 3.46. The van der Waals surface area contributed by atoms with Gasteiger partial charge in [0, 0.05) is 5.54 Å². The maximum atomic E-state index is 8.71. The fourth-order valence-electron chi connectivity index (χ4n) is 1.15. The molecule has 0 saturated carbocycles. The maximum absolute atomic E-state index is 8.71. The first kappa shape index (κ1) is 9.76. The Morgan fingerprint density at radius 2 is 2.23 bits per heavy atom. The summed E-state index contributed by atoms with van der Waals surface area (Å²) in [4.78, 5) is 0. The third kappa shape index (κ3) is 2.07. The molecule has 0 aromatic heterocycles. The molecular formula is C11H14N2. The molecule has 2 heteroatoms. The van der Waals surface area contributed by atoms with Gasteiger partial charge in [0.05, 0.1) is 11.6 Å². The summed E-state index contributed by atoms with van der Waals surface area (Å²) in [5.41, 5.74) is 7.42. The van der Waals surface area contributed by atoms with Gasteiger partial charge in [-0.15, -0.1) is 0 Å². The van der Waals surface area contributed by atoms with E-state index in [0.29, 0.717) is 5.56 Å². The van der Waals surface area contributed by atoms with Crippen LogP contribution in [0.1, 0.15) is 31.4 Å². The van der Waals surface area contributed by atoms with Crippen LogP contribution in [0.15, 0.2) is 24.3 Å². The van der Waals surface area contributed by atoms with E-state index in [1.54, 1.807) is 6.07 Å². The molecule has 1 aromatic rings. The Balaban J connectivity index is 3.10. The molecule has 1 atom stereocenters. The van der Waals surface area contributed by atoms with Crippen molar-refractivity contribution in [3.05, 3.63) is 35.4 Å². The fourth-order valence-corrected chi connectivity index (χ4v) is 1.15. The molecule has 0 saturated heterocycles. The van der Waals surface area contributed by atoms with Gasteiger partial charge in [-0.1, -0.05) is 19.1 Å². The Morgan fingerprint density at radius 3 is 2.77 bits per heavy atom. The first-order valence-electron chi connectivity index (χ1n) is 4.39. The number of rotatable bonds is 2. The summed E-state index contributed by atoms with van der Waals surface area (Å²) in [6.45, 7) is 4.02. The molecule has 2 N–H and O–H groups in total. The number of nitrogens with two attached hydrogens (primary N) is 1. The minimum absolute atomic E-state index is 0.327. The fraction of sp³-hybridized carbons (Fsp3) is 0.364. The Hall–Kier alpha value is -1.33. The van der Waals surface area contributed by atoms with Crippen LogP contribution in [0.5, 0.6) is 0 Å². The number of hydrogen-bond donors (Lipinski definition) is 1. The highest BCUT2D eigenvalue weighted by Gasteiger charge is 2.18.